The van der Waals surface area contributed by atoms with Crippen molar-refractivity contribution in [1.29, 1.82) is 0 Å². The Balaban J connectivity index is 1.28. The first-order valence-electron chi connectivity index (χ1n) is 17.3. The minimum atomic E-state index is -0.635. The van der Waals surface area contributed by atoms with Gasteiger partial charge in [0.25, 0.3) is 0 Å². The molecule has 7 nitrogen and oxygen atoms in total. The monoisotopic (exact) mass is 659 g/mol. The molecule has 5 rings (SSSR count). The second-order valence-electron chi connectivity index (χ2n) is 13.5. The molecule has 1 N–H and O–H groups in total. The largest absolute Gasteiger partial charge is 0.460 e. The van der Waals surface area contributed by atoms with Crippen LogP contribution in [0.5, 0.6) is 0 Å². The van der Waals surface area contributed by atoms with Gasteiger partial charge in [0.15, 0.2) is 0 Å². The van der Waals surface area contributed by atoms with Gasteiger partial charge in [-0.3, -0.25) is 19.6 Å². The van der Waals surface area contributed by atoms with Crippen LogP contribution < -0.4 is 5.32 Å². The van der Waals surface area contributed by atoms with Gasteiger partial charge >= 0.3 is 11.9 Å². The highest BCUT2D eigenvalue weighted by atomic mass is 16.5. The fraction of sp³-hybridized carbons (Fsp3) is 0.381. The molecule has 4 unspecified atom stereocenters. The van der Waals surface area contributed by atoms with E-state index in [2.05, 4.69) is 98.7 Å². The Labute approximate surface area is 291 Å². The van der Waals surface area contributed by atoms with Crippen LogP contribution in [-0.4, -0.2) is 48.9 Å². The van der Waals surface area contributed by atoms with Gasteiger partial charge in [0.1, 0.15) is 12.7 Å². The summed E-state index contributed by atoms with van der Waals surface area (Å²) in [5.74, 6) is -0.824. The van der Waals surface area contributed by atoms with Crippen molar-refractivity contribution in [3.63, 3.8) is 0 Å². The number of carbonyl (C=O) groups excluding carboxylic acids is 2. The molecule has 0 radical (unpaired) electrons. The summed E-state index contributed by atoms with van der Waals surface area (Å²) in [6.45, 7) is 12.6. The number of rotatable bonds is 14. The highest BCUT2D eigenvalue weighted by Crippen LogP contribution is 2.42. The molecule has 0 spiro atoms. The van der Waals surface area contributed by atoms with Crippen molar-refractivity contribution in [2.24, 2.45) is 10.9 Å². The van der Waals surface area contributed by atoms with E-state index >= 15 is 0 Å². The maximum Gasteiger partial charge on any atom is 0.320 e. The van der Waals surface area contributed by atoms with Gasteiger partial charge in [-0.1, -0.05) is 90.4 Å². The van der Waals surface area contributed by atoms with Gasteiger partial charge in [-0.15, -0.1) is 0 Å². The SMILES string of the molecule is CNCC(=O)OCc1cccnc1C(C)C(=O)OC(C)C1=CC(CC(c2cc(C)ccc2C)[C@@H](C)C2=CC(c3ccc(C)cc3)=CC2)N=C1. The number of aliphatic imine (C=N–C) groups is 1. The molecular weight excluding hydrogens is 610 g/mol. The molecule has 2 aliphatic rings. The van der Waals surface area contributed by atoms with E-state index in [1.807, 2.05) is 19.2 Å². The topological polar surface area (TPSA) is 89.9 Å². The Kier molecular flexibility index (Phi) is 11.8. The minimum absolute atomic E-state index is 0.0258. The number of esters is 2. The number of pyridine rings is 1. The summed E-state index contributed by atoms with van der Waals surface area (Å²) in [6.07, 6.45) is 11.7. The highest BCUT2D eigenvalue weighted by molar-refractivity contribution is 5.84. The van der Waals surface area contributed by atoms with E-state index in [9.17, 15) is 9.59 Å². The minimum Gasteiger partial charge on any atom is -0.460 e. The van der Waals surface area contributed by atoms with E-state index in [-0.39, 0.29) is 31.1 Å². The van der Waals surface area contributed by atoms with Gasteiger partial charge in [-0.25, -0.2) is 0 Å². The van der Waals surface area contributed by atoms with Crippen LogP contribution in [0, 0.1) is 26.7 Å². The molecule has 0 fully saturated rings. The summed E-state index contributed by atoms with van der Waals surface area (Å²) in [5, 5.41) is 2.78. The molecule has 0 saturated carbocycles. The van der Waals surface area contributed by atoms with Gasteiger partial charge < -0.3 is 14.8 Å². The number of allylic oxidation sites excluding steroid dienone is 4. The number of aryl methyl sites for hydroxylation is 3. The Hall–Kier alpha value is -4.62. The first kappa shape index (κ1) is 35.7. The number of nitrogens with one attached hydrogen (secondary N) is 1. The van der Waals surface area contributed by atoms with Crippen molar-refractivity contribution in [3.05, 3.63) is 129 Å². The molecule has 256 valence electrons. The normalized spacial score (nSPS) is 17.9. The molecule has 1 aromatic heterocycles. The number of aromatic nitrogens is 1. The molecule has 1 aliphatic carbocycles. The lowest BCUT2D eigenvalue weighted by Gasteiger charge is -2.29. The lowest BCUT2D eigenvalue weighted by atomic mass is 9.76. The van der Waals surface area contributed by atoms with Crippen LogP contribution in [0.2, 0.25) is 0 Å². The van der Waals surface area contributed by atoms with E-state index in [0.717, 1.165) is 18.4 Å². The molecule has 5 atom stereocenters. The second-order valence-corrected chi connectivity index (χ2v) is 13.5. The quantitative estimate of drug-likeness (QED) is 0.177. The standard InChI is InChI=1S/C42H49N3O4/c1-26-11-14-32(15-12-26)34-17-16-33(20-34)29(4)39(38-19-27(2)10-13-28(38)3)22-37-21-36(23-45-37)31(6)49-42(47)30(5)41-35(9-8-18-44-41)25-48-40(46)24-43-7/h8-15,17-21,23,29-31,37,39,43H,16,22,24-25H2,1-7H3/t29-,30?,31?,37?,39?/m0/s1. The zero-order valence-electron chi connectivity index (χ0n) is 29.8. The molecule has 0 bridgehead atoms. The van der Waals surface area contributed by atoms with Crippen molar-refractivity contribution in [1.82, 2.24) is 10.3 Å². The summed E-state index contributed by atoms with van der Waals surface area (Å²) in [6, 6.07) is 19.1. The average molecular weight is 660 g/mol. The molecule has 0 saturated heterocycles. The summed E-state index contributed by atoms with van der Waals surface area (Å²) >= 11 is 0. The van der Waals surface area contributed by atoms with E-state index in [1.165, 1.54) is 39.0 Å². The third-order valence-corrected chi connectivity index (χ3v) is 9.76. The highest BCUT2D eigenvalue weighted by Gasteiger charge is 2.30. The Morgan fingerprint density at radius 2 is 1.76 bits per heavy atom. The van der Waals surface area contributed by atoms with Crippen molar-refractivity contribution >= 4 is 23.7 Å². The van der Waals surface area contributed by atoms with Gasteiger partial charge in [0.2, 0.25) is 0 Å². The van der Waals surface area contributed by atoms with Crippen LogP contribution >= 0.6 is 0 Å². The number of hydrogen-bond donors (Lipinski definition) is 1. The van der Waals surface area contributed by atoms with Crippen molar-refractivity contribution < 1.29 is 19.1 Å². The number of hydrogen-bond acceptors (Lipinski definition) is 7. The lowest BCUT2D eigenvalue weighted by Crippen LogP contribution is -2.24. The molecule has 2 heterocycles. The Morgan fingerprint density at radius 1 is 1.00 bits per heavy atom. The van der Waals surface area contributed by atoms with Crippen LogP contribution in [0.1, 0.15) is 84.5 Å². The molecule has 0 amide bonds. The number of ether oxygens (including phenoxy) is 2. The van der Waals surface area contributed by atoms with E-state index in [4.69, 9.17) is 14.5 Å². The fourth-order valence-corrected chi connectivity index (χ4v) is 6.72. The maximum absolute atomic E-state index is 13.3. The number of nitrogens with zero attached hydrogens (tertiary/aromatic N) is 2. The number of carbonyl (C=O) groups is 2. The second kappa shape index (κ2) is 16.2. The molecule has 1 aliphatic heterocycles. The van der Waals surface area contributed by atoms with E-state index in [1.54, 1.807) is 26.2 Å². The summed E-state index contributed by atoms with van der Waals surface area (Å²) in [4.78, 5) is 34.6. The molecular formula is C42H49N3O4. The third kappa shape index (κ3) is 8.90. The maximum atomic E-state index is 13.3. The van der Waals surface area contributed by atoms with E-state index < -0.39 is 18.0 Å². The van der Waals surface area contributed by atoms with Gasteiger partial charge in [0, 0.05) is 23.5 Å². The van der Waals surface area contributed by atoms with Crippen LogP contribution in [0.4, 0.5) is 0 Å². The fourth-order valence-electron chi connectivity index (χ4n) is 6.72. The predicted octanol–water partition coefficient (Wildman–Crippen LogP) is 7.91. The van der Waals surface area contributed by atoms with Gasteiger partial charge in [-0.05, 0) is 94.7 Å². The third-order valence-electron chi connectivity index (χ3n) is 9.76. The van der Waals surface area contributed by atoms with Crippen LogP contribution in [0.25, 0.3) is 5.57 Å². The van der Waals surface area contributed by atoms with Crippen LogP contribution in [0.3, 0.4) is 0 Å². The first-order valence-corrected chi connectivity index (χ1v) is 17.3. The lowest BCUT2D eigenvalue weighted by molar-refractivity contribution is -0.147. The van der Waals surface area contributed by atoms with Gasteiger partial charge in [-0.2, -0.15) is 0 Å². The average Bonchev–Trinajstić information content (AvgIpc) is 3.78. The van der Waals surface area contributed by atoms with Gasteiger partial charge in [0.05, 0.1) is 24.2 Å². The van der Waals surface area contributed by atoms with Crippen molar-refractivity contribution in [3.8, 4) is 0 Å². The predicted molar refractivity (Wildman–Crippen MR) is 197 cm³/mol. The van der Waals surface area contributed by atoms with Crippen molar-refractivity contribution in [2.75, 3.05) is 13.6 Å². The van der Waals surface area contributed by atoms with E-state index in [0.29, 0.717) is 17.2 Å². The van der Waals surface area contributed by atoms with Crippen LogP contribution in [-0.2, 0) is 25.7 Å². The first-order chi connectivity index (χ1) is 23.5. The zero-order chi connectivity index (χ0) is 35.1. The molecule has 49 heavy (non-hydrogen) atoms. The smallest absolute Gasteiger partial charge is 0.320 e. The Morgan fingerprint density at radius 3 is 2.51 bits per heavy atom. The number of likely N-dealkylation sites (N-methyl/N-ethyl adjacent to an activating group) is 1. The summed E-state index contributed by atoms with van der Waals surface area (Å²) in [5.41, 5.74) is 11.3. The van der Waals surface area contributed by atoms with Crippen LogP contribution in [0.15, 0.2) is 95.2 Å². The summed E-state index contributed by atoms with van der Waals surface area (Å²) in [7, 11) is 1.68. The Bertz CT molecular complexity index is 1790. The molecule has 7 heteroatoms. The molecule has 2 aromatic carbocycles. The van der Waals surface area contributed by atoms with Crippen molar-refractivity contribution in [2.45, 2.75) is 85.0 Å². The number of benzene rings is 2. The molecule has 3 aromatic rings. The summed E-state index contributed by atoms with van der Waals surface area (Å²) < 4.78 is 11.3. The zero-order valence-corrected chi connectivity index (χ0v) is 29.8.